The standard InChI is InChI=1S/C18H23ClN2O4/c1-12-9-14(12)18(24)20-8-7-16(22)21(11-17(23)25-2)10-13-5-3-4-6-15(13)19/h3-6,12,14H,7-11H2,1-2H3,(H,20,24)/t12-,14-/m1/s1. The molecule has 2 rings (SSSR count). The summed E-state index contributed by atoms with van der Waals surface area (Å²) in [5, 5.41) is 3.30. The van der Waals surface area contributed by atoms with Crippen molar-refractivity contribution in [1.82, 2.24) is 10.2 Å². The Bertz CT molecular complexity index is 650. The Kier molecular flexibility index (Phi) is 6.82. The molecule has 25 heavy (non-hydrogen) atoms. The van der Waals surface area contributed by atoms with Crippen LogP contribution in [0.1, 0.15) is 25.3 Å². The van der Waals surface area contributed by atoms with E-state index in [0.717, 1.165) is 12.0 Å². The van der Waals surface area contributed by atoms with E-state index in [4.69, 9.17) is 11.6 Å². The fourth-order valence-electron chi connectivity index (χ4n) is 2.55. The van der Waals surface area contributed by atoms with Crippen molar-refractivity contribution < 1.29 is 19.1 Å². The van der Waals surface area contributed by atoms with Gasteiger partial charge in [0.2, 0.25) is 11.8 Å². The summed E-state index contributed by atoms with van der Waals surface area (Å²) in [6.45, 7) is 2.33. The Balaban J connectivity index is 1.91. The molecule has 0 aromatic heterocycles. The van der Waals surface area contributed by atoms with E-state index in [1.807, 2.05) is 13.0 Å². The molecule has 1 aromatic rings. The largest absolute Gasteiger partial charge is 0.468 e. The summed E-state index contributed by atoms with van der Waals surface area (Å²) in [5.41, 5.74) is 0.747. The molecule has 1 N–H and O–H groups in total. The molecule has 1 fully saturated rings. The van der Waals surface area contributed by atoms with E-state index in [1.54, 1.807) is 18.2 Å². The molecule has 7 heteroatoms. The fourth-order valence-corrected chi connectivity index (χ4v) is 2.75. The number of nitrogens with zero attached hydrogens (tertiary/aromatic N) is 1. The van der Waals surface area contributed by atoms with Gasteiger partial charge in [-0.15, -0.1) is 0 Å². The summed E-state index contributed by atoms with van der Waals surface area (Å²) >= 11 is 6.13. The molecule has 1 saturated carbocycles. The third kappa shape index (κ3) is 5.74. The van der Waals surface area contributed by atoms with Crippen LogP contribution in [0.3, 0.4) is 0 Å². The van der Waals surface area contributed by atoms with Crippen molar-refractivity contribution in [2.75, 3.05) is 20.2 Å². The molecule has 0 unspecified atom stereocenters. The molecule has 2 amide bonds. The van der Waals surface area contributed by atoms with Crippen LogP contribution in [0.4, 0.5) is 0 Å². The topological polar surface area (TPSA) is 75.7 Å². The quantitative estimate of drug-likeness (QED) is 0.714. The van der Waals surface area contributed by atoms with E-state index < -0.39 is 5.97 Å². The molecule has 0 saturated heterocycles. The molecule has 1 aliphatic carbocycles. The lowest BCUT2D eigenvalue weighted by molar-refractivity contribution is -0.147. The van der Waals surface area contributed by atoms with Crippen molar-refractivity contribution in [3.8, 4) is 0 Å². The van der Waals surface area contributed by atoms with E-state index in [0.29, 0.717) is 10.9 Å². The zero-order valence-electron chi connectivity index (χ0n) is 14.5. The van der Waals surface area contributed by atoms with Gasteiger partial charge in [-0.1, -0.05) is 36.7 Å². The van der Waals surface area contributed by atoms with Crippen LogP contribution in [-0.4, -0.2) is 42.9 Å². The van der Waals surface area contributed by atoms with Gasteiger partial charge in [0.15, 0.2) is 0 Å². The van der Waals surface area contributed by atoms with Crippen molar-refractivity contribution >= 4 is 29.4 Å². The predicted molar refractivity (Wildman–Crippen MR) is 93.8 cm³/mol. The van der Waals surface area contributed by atoms with Crippen molar-refractivity contribution in [2.24, 2.45) is 11.8 Å². The molecule has 0 spiro atoms. The normalized spacial score (nSPS) is 18.4. The summed E-state index contributed by atoms with van der Waals surface area (Å²) in [6.07, 6.45) is 1.02. The Morgan fingerprint density at radius 2 is 2.00 bits per heavy atom. The number of rotatable bonds is 8. The van der Waals surface area contributed by atoms with E-state index in [2.05, 4.69) is 10.1 Å². The van der Waals surface area contributed by atoms with Gasteiger partial charge in [-0.05, 0) is 24.0 Å². The highest BCUT2D eigenvalue weighted by Gasteiger charge is 2.38. The van der Waals surface area contributed by atoms with Crippen LogP contribution >= 0.6 is 11.6 Å². The molecule has 0 aliphatic heterocycles. The van der Waals surface area contributed by atoms with Crippen LogP contribution < -0.4 is 5.32 Å². The first-order valence-electron chi connectivity index (χ1n) is 8.28. The van der Waals surface area contributed by atoms with E-state index in [-0.39, 0.29) is 43.8 Å². The monoisotopic (exact) mass is 366 g/mol. The first kappa shape index (κ1) is 19.2. The Labute approximate surface area is 152 Å². The second-order valence-electron chi connectivity index (χ2n) is 6.28. The van der Waals surface area contributed by atoms with E-state index in [9.17, 15) is 14.4 Å². The number of carbonyl (C=O) groups is 3. The maximum atomic E-state index is 12.5. The molecule has 1 aliphatic rings. The molecule has 0 radical (unpaired) electrons. The Hall–Kier alpha value is -2.08. The average Bonchev–Trinajstić information content (AvgIpc) is 3.32. The third-order valence-corrected chi connectivity index (χ3v) is 4.67. The zero-order valence-corrected chi connectivity index (χ0v) is 15.2. The number of nitrogens with one attached hydrogen (secondary N) is 1. The predicted octanol–water partition coefficient (Wildman–Crippen LogP) is 2.00. The van der Waals surface area contributed by atoms with Gasteiger partial charge < -0.3 is 15.0 Å². The summed E-state index contributed by atoms with van der Waals surface area (Å²) in [4.78, 5) is 37.3. The van der Waals surface area contributed by atoms with Gasteiger partial charge >= 0.3 is 5.97 Å². The summed E-state index contributed by atoms with van der Waals surface area (Å²) in [5.74, 6) is -0.257. The van der Waals surface area contributed by atoms with Crippen LogP contribution in [0.5, 0.6) is 0 Å². The second kappa shape index (κ2) is 8.85. The maximum Gasteiger partial charge on any atom is 0.325 e. The highest BCUT2D eigenvalue weighted by Crippen LogP contribution is 2.37. The number of methoxy groups -OCH3 is 1. The number of hydrogen-bond acceptors (Lipinski definition) is 4. The number of esters is 1. The van der Waals surface area contributed by atoms with E-state index >= 15 is 0 Å². The molecule has 0 heterocycles. The summed E-state index contributed by atoms with van der Waals surface area (Å²) < 4.78 is 4.66. The molecule has 0 bridgehead atoms. The zero-order chi connectivity index (χ0) is 18.4. The summed E-state index contributed by atoms with van der Waals surface area (Å²) in [7, 11) is 1.28. The minimum Gasteiger partial charge on any atom is -0.468 e. The van der Waals surface area contributed by atoms with Crippen LogP contribution in [0, 0.1) is 11.8 Å². The molecule has 6 nitrogen and oxygen atoms in total. The van der Waals surface area contributed by atoms with Crippen LogP contribution in [-0.2, 0) is 25.7 Å². The van der Waals surface area contributed by atoms with Gasteiger partial charge in [-0.25, -0.2) is 0 Å². The van der Waals surface area contributed by atoms with Gasteiger partial charge in [-0.2, -0.15) is 0 Å². The number of ether oxygens (including phenoxy) is 1. The van der Waals surface area contributed by atoms with Crippen molar-refractivity contribution in [1.29, 1.82) is 0 Å². The first-order chi connectivity index (χ1) is 11.9. The Morgan fingerprint density at radius 1 is 1.32 bits per heavy atom. The maximum absolute atomic E-state index is 12.5. The van der Waals surface area contributed by atoms with E-state index in [1.165, 1.54) is 12.0 Å². The van der Waals surface area contributed by atoms with Gasteiger partial charge in [0, 0.05) is 30.5 Å². The van der Waals surface area contributed by atoms with Gasteiger partial charge in [0.25, 0.3) is 0 Å². The molecular weight excluding hydrogens is 344 g/mol. The average molecular weight is 367 g/mol. The highest BCUT2D eigenvalue weighted by atomic mass is 35.5. The molecular formula is C18H23ClN2O4. The number of halogens is 1. The van der Waals surface area contributed by atoms with Gasteiger partial charge in [0.05, 0.1) is 7.11 Å². The number of amides is 2. The number of carbonyl (C=O) groups excluding carboxylic acids is 3. The minimum absolute atomic E-state index is 0.00841. The molecule has 136 valence electrons. The highest BCUT2D eigenvalue weighted by molar-refractivity contribution is 6.31. The van der Waals surface area contributed by atoms with Crippen molar-refractivity contribution in [3.05, 3.63) is 34.9 Å². The number of benzene rings is 1. The van der Waals surface area contributed by atoms with Gasteiger partial charge in [-0.3, -0.25) is 14.4 Å². The fraction of sp³-hybridized carbons (Fsp3) is 0.500. The number of hydrogen-bond donors (Lipinski definition) is 1. The molecule has 2 atom stereocenters. The lowest BCUT2D eigenvalue weighted by atomic mass is 10.2. The van der Waals surface area contributed by atoms with Gasteiger partial charge in [0.1, 0.15) is 6.54 Å². The smallest absolute Gasteiger partial charge is 0.325 e. The SMILES string of the molecule is COC(=O)CN(Cc1ccccc1Cl)C(=O)CCNC(=O)[C@@H]1C[C@H]1C. The van der Waals surface area contributed by atoms with Crippen LogP contribution in [0.15, 0.2) is 24.3 Å². The van der Waals surface area contributed by atoms with Crippen LogP contribution in [0.25, 0.3) is 0 Å². The van der Waals surface area contributed by atoms with Crippen molar-refractivity contribution in [3.63, 3.8) is 0 Å². The Morgan fingerprint density at radius 3 is 2.60 bits per heavy atom. The first-order valence-corrected chi connectivity index (χ1v) is 8.66. The third-order valence-electron chi connectivity index (χ3n) is 4.30. The summed E-state index contributed by atoms with van der Waals surface area (Å²) in [6, 6.07) is 7.15. The van der Waals surface area contributed by atoms with Crippen molar-refractivity contribution in [2.45, 2.75) is 26.3 Å². The molecule has 1 aromatic carbocycles. The van der Waals surface area contributed by atoms with Crippen LogP contribution in [0.2, 0.25) is 5.02 Å². The second-order valence-corrected chi connectivity index (χ2v) is 6.69. The minimum atomic E-state index is -0.503. The lowest BCUT2D eigenvalue weighted by Gasteiger charge is -2.22. The lowest BCUT2D eigenvalue weighted by Crippen LogP contribution is -2.38.